The summed E-state index contributed by atoms with van der Waals surface area (Å²) in [5.41, 5.74) is 1.11. The molecule has 0 saturated carbocycles. The molecule has 0 heterocycles. The fourth-order valence-corrected chi connectivity index (χ4v) is 7.31. The van der Waals surface area contributed by atoms with Crippen molar-refractivity contribution in [2.75, 3.05) is 18.7 Å². The Balaban J connectivity index is 2.17. The Labute approximate surface area is 192 Å². The second kappa shape index (κ2) is 13.1. The van der Waals surface area contributed by atoms with Crippen molar-refractivity contribution in [3.63, 3.8) is 0 Å². The average molecular weight is 484 g/mol. The molecule has 0 saturated heterocycles. The molecule has 6 nitrogen and oxygen atoms in total. The van der Waals surface area contributed by atoms with Gasteiger partial charge in [0.2, 0.25) is 0 Å². The van der Waals surface area contributed by atoms with Crippen molar-refractivity contribution in [3.05, 3.63) is 66.2 Å². The van der Waals surface area contributed by atoms with Crippen LogP contribution in [0.5, 0.6) is 0 Å². The van der Waals surface area contributed by atoms with Crippen LogP contribution in [0.15, 0.2) is 65.8 Å². The molecule has 10 heteroatoms. The highest BCUT2D eigenvalue weighted by atomic mass is 32.5. The van der Waals surface area contributed by atoms with Gasteiger partial charge < -0.3 is 9.84 Å². The standard InChI is InChI=1S/C20H26N3O3PS3/c1-4-25-27(28,19-13-9-6-10-14-19)23(15-18-11-7-5-8-12-18)30-16-21-20(24)26-22-17(2)29-3/h5-14H,4,15-16H2,1-3H3,(H,21,24)/b22-17+. The normalized spacial score (nSPS) is 13.7. The zero-order chi connectivity index (χ0) is 21.8. The van der Waals surface area contributed by atoms with E-state index in [1.54, 1.807) is 6.92 Å². The second-order valence-electron chi connectivity index (χ2n) is 5.91. The van der Waals surface area contributed by atoms with E-state index in [0.717, 1.165) is 10.9 Å². The molecule has 1 amide bonds. The van der Waals surface area contributed by atoms with Gasteiger partial charge in [-0.1, -0.05) is 77.8 Å². The quantitative estimate of drug-likeness (QED) is 0.0949. The second-order valence-corrected chi connectivity index (χ2v) is 12.0. The van der Waals surface area contributed by atoms with E-state index in [2.05, 4.69) is 14.5 Å². The van der Waals surface area contributed by atoms with Crippen LogP contribution in [0.1, 0.15) is 19.4 Å². The molecule has 162 valence electrons. The van der Waals surface area contributed by atoms with Gasteiger partial charge in [-0.3, -0.25) is 4.84 Å². The van der Waals surface area contributed by atoms with Crippen molar-refractivity contribution in [1.82, 2.24) is 9.39 Å². The average Bonchev–Trinajstić information content (AvgIpc) is 2.78. The summed E-state index contributed by atoms with van der Waals surface area (Å²) in [5.74, 6) is 0.276. The number of oxime groups is 1. The van der Waals surface area contributed by atoms with E-state index in [1.807, 2.05) is 73.8 Å². The molecule has 0 radical (unpaired) electrons. The Bertz CT molecular complexity index is 869. The van der Waals surface area contributed by atoms with Crippen molar-refractivity contribution in [2.45, 2.75) is 20.4 Å². The van der Waals surface area contributed by atoms with Crippen molar-refractivity contribution in [1.29, 1.82) is 0 Å². The van der Waals surface area contributed by atoms with Gasteiger partial charge >= 0.3 is 6.09 Å². The molecule has 0 aliphatic carbocycles. The van der Waals surface area contributed by atoms with E-state index >= 15 is 0 Å². The zero-order valence-corrected chi connectivity index (χ0v) is 20.5. The van der Waals surface area contributed by atoms with E-state index in [-0.39, 0.29) is 5.88 Å². The third-order valence-electron chi connectivity index (χ3n) is 3.82. The lowest BCUT2D eigenvalue weighted by Gasteiger charge is -2.33. The lowest BCUT2D eigenvalue weighted by atomic mass is 10.2. The number of nitrogens with zero attached hydrogens (tertiary/aromatic N) is 2. The number of carbonyl (C=O) groups excluding carboxylic acids is 1. The predicted octanol–water partition coefficient (Wildman–Crippen LogP) is 5.19. The first-order chi connectivity index (χ1) is 14.5. The number of benzene rings is 2. The fraction of sp³-hybridized carbons (Fsp3) is 0.300. The third-order valence-corrected chi connectivity index (χ3v) is 10.4. The van der Waals surface area contributed by atoms with Crippen molar-refractivity contribution >= 4 is 58.4 Å². The van der Waals surface area contributed by atoms with Gasteiger partial charge in [-0.2, -0.15) is 4.08 Å². The Kier molecular flexibility index (Phi) is 10.9. The summed E-state index contributed by atoms with van der Waals surface area (Å²) >= 11 is 8.92. The van der Waals surface area contributed by atoms with E-state index in [1.165, 1.54) is 23.7 Å². The summed E-state index contributed by atoms with van der Waals surface area (Å²) < 4.78 is 8.23. The molecule has 0 fully saturated rings. The Hall–Kier alpha value is -1.35. The first kappa shape index (κ1) is 24.9. The minimum atomic E-state index is -2.54. The molecule has 1 N–H and O–H groups in total. The summed E-state index contributed by atoms with van der Waals surface area (Å²) in [7, 11) is 0. The van der Waals surface area contributed by atoms with Crippen molar-refractivity contribution in [2.24, 2.45) is 5.16 Å². The van der Waals surface area contributed by atoms with Gasteiger partial charge in [0.25, 0.3) is 0 Å². The Morgan fingerprint density at radius 3 is 2.40 bits per heavy atom. The van der Waals surface area contributed by atoms with Crippen molar-refractivity contribution < 1.29 is 14.2 Å². The van der Waals surface area contributed by atoms with Crippen LogP contribution in [0.2, 0.25) is 0 Å². The van der Waals surface area contributed by atoms with Gasteiger partial charge in [-0.05, 0) is 37.5 Å². The minimum absolute atomic E-state index is 0.276. The molecule has 0 spiro atoms. The molecule has 0 aliphatic heterocycles. The highest BCUT2D eigenvalue weighted by molar-refractivity contribution is 8.20. The maximum Gasteiger partial charge on any atom is 0.434 e. The smallest absolute Gasteiger partial charge is 0.334 e. The van der Waals surface area contributed by atoms with Gasteiger partial charge in [0.15, 0.2) is 6.42 Å². The lowest BCUT2D eigenvalue weighted by molar-refractivity contribution is 0.153. The summed E-state index contributed by atoms with van der Waals surface area (Å²) in [4.78, 5) is 16.8. The molecule has 0 aliphatic rings. The Morgan fingerprint density at radius 1 is 1.17 bits per heavy atom. The van der Waals surface area contributed by atoms with Crippen LogP contribution < -0.4 is 10.6 Å². The number of nitrogens with one attached hydrogen (secondary N) is 1. The number of thioether (sulfide) groups is 1. The van der Waals surface area contributed by atoms with Crippen LogP contribution in [0.4, 0.5) is 4.79 Å². The molecular weight excluding hydrogens is 457 g/mol. The predicted molar refractivity (Wildman–Crippen MR) is 133 cm³/mol. The number of rotatable bonds is 10. The first-order valence-corrected chi connectivity index (χ1v) is 14.1. The highest BCUT2D eigenvalue weighted by Gasteiger charge is 2.30. The third kappa shape index (κ3) is 7.72. The maximum absolute atomic E-state index is 11.9. The number of carbonyl (C=O) groups is 1. The van der Waals surface area contributed by atoms with E-state index in [9.17, 15) is 4.79 Å². The molecule has 0 aromatic heterocycles. The molecule has 30 heavy (non-hydrogen) atoms. The van der Waals surface area contributed by atoms with Crippen LogP contribution in [0.25, 0.3) is 0 Å². The zero-order valence-electron chi connectivity index (χ0n) is 17.2. The molecule has 1 unspecified atom stereocenters. The summed E-state index contributed by atoms with van der Waals surface area (Å²) in [5, 5.41) is 8.08. The summed E-state index contributed by atoms with van der Waals surface area (Å²) in [6.07, 6.45) is -1.28. The van der Waals surface area contributed by atoms with Gasteiger partial charge in [-0.25, -0.2) is 4.79 Å². The molecule has 0 bridgehead atoms. The monoisotopic (exact) mass is 483 g/mol. The SMILES string of the molecule is CCOP(=S)(c1ccccc1)N(Cc1ccccc1)SCNC(=O)O/N=C(\C)SC. The number of amides is 1. The van der Waals surface area contributed by atoms with Gasteiger partial charge in [-0.15, -0.1) is 11.8 Å². The Morgan fingerprint density at radius 2 is 1.80 bits per heavy atom. The van der Waals surface area contributed by atoms with Crippen LogP contribution in [-0.2, 0) is 27.7 Å². The first-order valence-electron chi connectivity index (χ1n) is 9.28. The largest absolute Gasteiger partial charge is 0.434 e. The molecular formula is C20H26N3O3PS3. The topological polar surface area (TPSA) is 63.2 Å². The van der Waals surface area contributed by atoms with Gasteiger partial charge in [0.1, 0.15) is 5.04 Å². The van der Waals surface area contributed by atoms with E-state index in [4.69, 9.17) is 21.2 Å². The lowest BCUT2D eigenvalue weighted by Crippen LogP contribution is -2.27. The van der Waals surface area contributed by atoms with Crippen LogP contribution in [0, 0.1) is 0 Å². The van der Waals surface area contributed by atoms with E-state index in [0.29, 0.717) is 18.2 Å². The molecule has 2 aromatic carbocycles. The fourth-order valence-electron chi connectivity index (χ4n) is 2.35. The van der Waals surface area contributed by atoms with Crippen LogP contribution in [-0.4, -0.2) is 34.0 Å². The summed E-state index contributed by atoms with van der Waals surface area (Å²) in [6, 6.07) is 19.9. The molecule has 2 aromatic rings. The van der Waals surface area contributed by atoms with Gasteiger partial charge in [0, 0.05) is 11.8 Å². The minimum Gasteiger partial charge on any atom is -0.334 e. The van der Waals surface area contributed by atoms with E-state index < -0.39 is 12.5 Å². The van der Waals surface area contributed by atoms with Crippen LogP contribution >= 0.6 is 30.1 Å². The molecule has 1 atom stereocenters. The maximum atomic E-state index is 11.9. The highest BCUT2D eigenvalue weighted by Crippen LogP contribution is 2.54. The molecule has 2 rings (SSSR count). The number of hydrogen-bond donors (Lipinski definition) is 1. The summed E-state index contributed by atoms with van der Waals surface area (Å²) in [6.45, 7) is 4.79. The van der Waals surface area contributed by atoms with Crippen LogP contribution in [0.3, 0.4) is 0 Å². The van der Waals surface area contributed by atoms with Gasteiger partial charge in [0.05, 0.1) is 12.5 Å². The number of hydrogen-bond acceptors (Lipinski definition) is 7. The van der Waals surface area contributed by atoms with Crippen molar-refractivity contribution in [3.8, 4) is 0 Å².